The third kappa shape index (κ3) is 3.26. The molecule has 0 bridgehead atoms. The Morgan fingerprint density at radius 1 is 1.15 bits per heavy atom. The molecule has 1 aromatic carbocycles. The van der Waals surface area contributed by atoms with Gasteiger partial charge >= 0.3 is 0 Å². The monoisotopic (exact) mass is 388 g/mol. The van der Waals surface area contributed by atoms with E-state index in [1.807, 2.05) is 0 Å². The maximum absolute atomic E-state index is 13.6. The Kier molecular flexibility index (Phi) is 4.74. The predicted octanol–water partition coefficient (Wildman–Crippen LogP) is 2.63. The van der Waals surface area contributed by atoms with Gasteiger partial charge in [0.15, 0.2) is 0 Å². The molecule has 0 radical (unpaired) electrons. The number of fused-ring (bicyclic) bond motifs is 1. The second kappa shape index (κ2) is 7.05. The summed E-state index contributed by atoms with van der Waals surface area (Å²) in [5.74, 6) is -0.275. The first kappa shape index (κ1) is 18.1. The van der Waals surface area contributed by atoms with Gasteiger partial charge in [0.2, 0.25) is 0 Å². The standard InChI is InChI=1S/C20H22FN3O2S/c1-22-16-9-7-14(8-10-16)18-13-24(19-6-3-11-23-20(18)19)27(25,26)17-5-2-4-15(21)12-17/h2-6,11-14,16,22H,7-10H2,1H3/p+1. The summed E-state index contributed by atoms with van der Waals surface area (Å²) >= 11 is 0. The normalized spacial score (nSPS) is 20.8. The van der Waals surface area contributed by atoms with Crippen molar-refractivity contribution in [3.05, 3.63) is 60.2 Å². The maximum Gasteiger partial charge on any atom is 0.268 e. The van der Waals surface area contributed by atoms with E-state index < -0.39 is 15.8 Å². The zero-order valence-corrected chi connectivity index (χ0v) is 16.0. The van der Waals surface area contributed by atoms with Gasteiger partial charge in [-0.15, -0.1) is 0 Å². The lowest BCUT2D eigenvalue weighted by molar-refractivity contribution is -0.666. The predicted molar refractivity (Wildman–Crippen MR) is 102 cm³/mol. The molecule has 0 atom stereocenters. The number of hydrogen-bond donors (Lipinski definition) is 1. The van der Waals surface area contributed by atoms with Gasteiger partial charge in [-0.25, -0.2) is 16.8 Å². The molecule has 2 N–H and O–H groups in total. The molecular formula is C20H23FN3O2S+. The number of aromatic nitrogens is 2. The molecule has 7 heteroatoms. The number of halogens is 1. The minimum Gasteiger partial charge on any atom is -0.346 e. The minimum absolute atomic E-state index is 0.0564. The summed E-state index contributed by atoms with van der Waals surface area (Å²) in [6, 6.07) is 9.25. The third-order valence-electron chi connectivity index (χ3n) is 5.59. The SMILES string of the molecule is C[NH2+]C1CCC(c2cn(S(=O)(=O)c3cccc(F)c3)c3cccnc23)CC1. The van der Waals surface area contributed by atoms with Crippen LogP contribution in [0.5, 0.6) is 0 Å². The van der Waals surface area contributed by atoms with Gasteiger partial charge in [-0.3, -0.25) is 4.98 Å². The van der Waals surface area contributed by atoms with Crippen molar-refractivity contribution in [2.45, 2.75) is 42.5 Å². The van der Waals surface area contributed by atoms with Crippen molar-refractivity contribution < 1.29 is 18.1 Å². The van der Waals surface area contributed by atoms with Crippen LogP contribution in [0.15, 0.2) is 53.7 Å². The van der Waals surface area contributed by atoms with Crippen molar-refractivity contribution in [2.24, 2.45) is 0 Å². The highest BCUT2D eigenvalue weighted by atomic mass is 32.2. The summed E-state index contributed by atoms with van der Waals surface area (Å²) in [6.45, 7) is 0. The summed E-state index contributed by atoms with van der Waals surface area (Å²) in [5, 5.41) is 2.26. The van der Waals surface area contributed by atoms with Crippen LogP contribution in [0.25, 0.3) is 11.0 Å². The fraction of sp³-hybridized carbons (Fsp3) is 0.350. The lowest BCUT2D eigenvalue weighted by Crippen LogP contribution is -2.86. The van der Waals surface area contributed by atoms with Crippen molar-refractivity contribution in [1.29, 1.82) is 0 Å². The van der Waals surface area contributed by atoms with Crippen LogP contribution < -0.4 is 5.32 Å². The second-order valence-electron chi connectivity index (χ2n) is 7.16. The van der Waals surface area contributed by atoms with Crippen LogP contribution in [0.3, 0.4) is 0 Å². The number of benzene rings is 1. The molecule has 142 valence electrons. The first-order valence-electron chi connectivity index (χ1n) is 9.27. The van der Waals surface area contributed by atoms with Crippen LogP contribution in [-0.4, -0.2) is 30.5 Å². The molecule has 0 aliphatic heterocycles. The molecule has 1 aliphatic rings. The van der Waals surface area contributed by atoms with Crippen molar-refractivity contribution in [1.82, 2.24) is 8.96 Å². The van der Waals surface area contributed by atoms with E-state index >= 15 is 0 Å². The Bertz CT molecular complexity index is 1070. The van der Waals surface area contributed by atoms with Crippen LogP contribution in [-0.2, 0) is 10.0 Å². The van der Waals surface area contributed by atoms with E-state index in [0.29, 0.717) is 17.5 Å². The van der Waals surface area contributed by atoms with Gasteiger partial charge in [-0.2, -0.15) is 0 Å². The Hall–Kier alpha value is -2.25. The highest BCUT2D eigenvalue weighted by Crippen LogP contribution is 2.37. The fourth-order valence-corrected chi connectivity index (χ4v) is 5.45. The Morgan fingerprint density at radius 2 is 1.93 bits per heavy atom. The smallest absolute Gasteiger partial charge is 0.268 e. The molecule has 0 unspecified atom stereocenters. The van der Waals surface area contributed by atoms with E-state index in [1.54, 1.807) is 24.5 Å². The molecule has 27 heavy (non-hydrogen) atoms. The molecule has 0 spiro atoms. The lowest BCUT2D eigenvalue weighted by atomic mass is 9.82. The number of quaternary nitrogens is 1. The first-order valence-corrected chi connectivity index (χ1v) is 10.7. The Morgan fingerprint density at radius 3 is 2.63 bits per heavy atom. The summed E-state index contributed by atoms with van der Waals surface area (Å²) in [7, 11) is -1.79. The largest absolute Gasteiger partial charge is 0.346 e. The van der Waals surface area contributed by atoms with Gasteiger partial charge in [0.1, 0.15) is 5.82 Å². The molecular weight excluding hydrogens is 365 g/mol. The molecule has 1 aliphatic carbocycles. The quantitative estimate of drug-likeness (QED) is 0.747. The number of hydrogen-bond acceptors (Lipinski definition) is 3. The van der Waals surface area contributed by atoms with E-state index in [0.717, 1.165) is 42.8 Å². The summed E-state index contributed by atoms with van der Waals surface area (Å²) in [4.78, 5) is 4.42. The molecule has 2 aromatic heterocycles. The number of pyridine rings is 1. The minimum atomic E-state index is -3.89. The summed E-state index contributed by atoms with van der Waals surface area (Å²) < 4.78 is 41.2. The molecule has 3 aromatic rings. The molecule has 0 saturated heterocycles. The topological polar surface area (TPSA) is 68.6 Å². The van der Waals surface area contributed by atoms with Gasteiger partial charge in [0.05, 0.1) is 29.0 Å². The highest BCUT2D eigenvalue weighted by Gasteiger charge is 2.29. The van der Waals surface area contributed by atoms with E-state index in [2.05, 4.69) is 17.3 Å². The van der Waals surface area contributed by atoms with E-state index in [9.17, 15) is 12.8 Å². The average Bonchev–Trinajstić information content (AvgIpc) is 3.08. The number of nitrogens with two attached hydrogens (primary N) is 1. The molecule has 4 rings (SSSR count). The first-order chi connectivity index (χ1) is 13.0. The Balaban J connectivity index is 1.81. The van der Waals surface area contributed by atoms with Gasteiger partial charge in [-0.1, -0.05) is 6.07 Å². The van der Waals surface area contributed by atoms with Crippen LogP contribution in [0.1, 0.15) is 37.2 Å². The molecule has 2 heterocycles. The molecule has 0 amide bonds. The summed E-state index contributed by atoms with van der Waals surface area (Å²) in [6.07, 6.45) is 7.64. The lowest BCUT2D eigenvalue weighted by Gasteiger charge is -2.25. The van der Waals surface area contributed by atoms with Crippen LogP contribution in [0, 0.1) is 5.82 Å². The van der Waals surface area contributed by atoms with Gasteiger partial charge in [0.25, 0.3) is 10.0 Å². The van der Waals surface area contributed by atoms with Crippen molar-refractivity contribution in [2.75, 3.05) is 7.05 Å². The maximum atomic E-state index is 13.6. The van der Waals surface area contributed by atoms with Gasteiger partial charge in [0, 0.05) is 18.0 Å². The molecule has 1 fully saturated rings. The van der Waals surface area contributed by atoms with Crippen LogP contribution in [0.4, 0.5) is 4.39 Å². The zero-order chi connectivity index (χ0) is 19.0. The van der Waals surface area contributed by atoms with Crippen LogP contribution in [0.2, 0.25) is 0 Å². The molecule has 5 nitrogen and oxygen atoms in total. The van der Waals surface area contributed by atoms with Gasteiger partial charge < -0.3 is 5.32 Å². The fourth-order valence-electron chi connectivity index (χ4n) is 4.06. The highest BCUT2D eigenvalue weighted by molar-refractivity contribution is 7.90. The average molecular weight is 388 g/mol. The molecule has 1 saturated carbocycles. The van der Waals surface area contributed by atoms with Gasteiger partial charge in [-0.05, 0) is 61.9 Å². The number of nitrogens with zero attached hydrogens (tertiary/aromatic N) is 2. The van der Waals surface area contributed by atoms with Crippen LogP contribution >= 0.6 is 0 Å². The van der Waals surface area contributed by atoms with Crippen molar-refractivity contribution in [3.63, 3.8) is 0 Å². The summed E-state index contributed by atoms with van der Waals surface area (Å²) in [5.41, 5.74) is 2.24. The Labute approximate surface area is 158 Å². The second-order valence-corrected chi connectivity index (χ2v) is 8.97. The van der Waals surface area contributed by atoms with Crippen molar-refractivity contribution >= 4 is 21.1 Å². The van der Waals surface area contributed by atoms with E-state index in [4.69, 9.17) is 0 Å². The van der Waals surface area contributed by atoms with Crippen molar-refractivity contribution in [3.8, 4) is 0 Å². The zero-order valence-electron chi connectivity index (χ0n) is 15.2. The number of rotatable bonds is 4. The third-order valence-corrected chi connectivity index (χ3v) is 7.26. The van der Waals surface area contributed by atoms with E-state index in [1.165, 1.54) is 22.2 Å². The van der Waals surface area contributed by atoms with E-state index in [-0.39, 0.29) is 4.90 Å².